The van der Waals surface area contributed by atoms with E-state index in [0.29, 0.717) is 41.7 Å². The molecule has 1 heterocycles. The average molecular weight is 858 g/mol. The van der Waals surface area contributed by atoms with Crippen LogP contribution >= 0.6 is 0 Å². The summed E-state index contributed by atoms with van der Waals surface area (Å²) in [6.07, 6.45) is 13.6. The molecule has 3 fully saturated rings. The molecule has 4 aliphatic rings. The number of hydrogen-bond acceptors (Lipinski definition) is 3. The number of rotatable bonds is 12. The first-order chi connectivity index (χ1) is 20.0. The normalized spacial score (nSPS) is 34.7. The molecule has 1 aromatic carbocycles. The minimum Gasteiger partial charge on any atom is -0.375 e. The summed E-state index contributed by atoms with van der Waals surface area (Å²) in [5.41, 5.74) is 1.87. The van der Waals surface area contributed by atoms with Crippen LogP contribution in [0.5, 0.6) is 0 Å². The van der Waals surface area contributed by atoms with Crippen LogP contribution in [0.1, 0.15) is 106 Å². The van der Waals surface area contributed by atoms with Gasteiger partial charge in [0, 0.05) is 32.7 Å². The molecule has 8 atom stereocenters. The van der Waals surface area contributed by atoms with E-state index in [1.807, 2.05) is 0 Å². The fourth-order valence-corrected chi connectivity index (χ4v) is 13.8. The van der Waals surface area contributed by atoms with E-state index in [1.54, 1.807) is 8.70 Å². The zero-order chi connectivity index (χ0) is 30.1. The predicted molar refractivity (Wildman–Crippen MR) is 176 cm³/mol. The van der Waals surface area contributed by atoms with Gasteiger partial charge in [-0.25, -0.2) is 0 Å². The quantitative estimate of drug-likeness (QED) is 0.159. The molecule has 0 N–H and O–H groups in total. The Morgan fingerprint density at radius 2 is 1.81 bits per heavy atom. The molecule has 0 aromatic heterocycles. The molecule has 3 aliphatic carbocycles. The van der Waals surface area contributed by atoms with Gasteiger partial charge in [0.1, 0.15) is 6.10 Å². The van der Waals surface area contributed by atoms with E-state index in [1.165, 1.54) is 32.1 Å². The number of carbonyl (C=O) groups excluding carboxylic acids is 1. The second-order valence-electron chi connectivity index (χ2n) is 15.8. The van der Waals surface area contributed by atoms with E-state index in [-0.39, 0.29) is 55.6 Å². The summed E-state index contributed by atoms with van der Waals surface area (Å²) >= 11 is -0.923. The van der Waals surface area contributed by atoms with Crippen molar-refractivity contribution in [1.82, 2.24) is 0 Å². The summed E-state index contributed by atoms with van der Waals surface area (Å²) in [7, 11) is 0. The molecule has 8 unspecified atom stereocenters. The van der Waals surface area contributed by atoms with Gasteiger partial charge in [-0.1, -0.05) is 13.8 Å². The monoisotopic (exact) mass is 858 g/mol. The first-order valence-electron chi connectivity index (χ1n) is 17.1. The third-order valence-corrected chi connectivity index (χ3v) is 16.9. The van der Waals surface area contributed by atoms with Gasteiger partial charge < -0.3 is 9.47 Å². The third-order valence-electron chi connectivity index (χ3n) is 11.9. The summed E-state index contributed by atoms with van der Waals surface area (Å²) in [5, 5.41) is 0. The van der Waals surface area contributed by atoms with Crippen molar-refractivity contribution in [3.63, 3.8) is 0 Å². The molecule has 1 aromatic rings. The molecule has 1 saturated heterocycles. The Balaban J connectivity index is 0.00000423. The molecule has 0 bridgehead atoms. The molecule has 0 amide bonds. The molecule has 234 valence electrons. The van der Waals surface area contributed by atoms with Crippen LogP contribution in [0.25, 0.3) is 0 Å². The molecular formula is C38H57O3PbY. The summed E-state index contributed by atoms with van der Waals surface area (Å²) in [4.78, 5) is 14.4. The van der Waals surface area contributed by atoms with Gasteiger partial charge in [0.2, 0.25) is 0 Å². The minimum atomic E-state index is -0.923. The number of carbonyl (C=O) groups is 1. The molecule has 5 rings (SSSR count). The van der Waals surface area contributed by atoms with Crippen LogP contribution in [-0.2, 0) is 47.0 Å². The van der Waals surface area contributed by atoms with Crippen molar-refractivity contribution in [2.45, 2.75) is 118 Å². The van der Waals surface area contributed by atoms with Crippen molar-refractivity contribution in [2.75, 3.05) is 13.2 Å². The van der Waals surface area contributed by atoms with Gasteiger partial charge in [-0.2, -0.15) is 0 Å². The number of ketones is 1. The van der Waals surface area contributed by atoms with Crippen LogP contribution in [0, 0.1) is 45.8 Å². The molecule has 5 heteroatoms. The van der Waals surface area contributed by atoms with E-state index in [2.05, 4.69) is 88.4 Å². The number of hydrogen-bond donors (Lipinski definition) is 0. The van der Waals surface area contributed by atoms with Gasteiger partial charge in [0.15, 0.2) is 0 Å². The van der Waals surface area contributed by atoms with Crippen LogP contribution in [-0.4, -0.2) is 58.5 Å². The second-order valence-corrected chi connectivity index (χ2v) is 20.5. The van der Waals surface area contributed by atoms with Crippen LogP contribution in [0.4, 0.5) is 0 Å². The third kappa shape index (κ3) is 8.30. The molecule has 0 spiro atoms. The van der Waals surface area contributed by atoms with Crippen molar-refractivity contribution >= 4 is 36.2 Å². The zero-order valence-electron chi connectivity index (χ0n) is 28.2. The Morgan fingerprint density at radius 1 is 1.12 bits per heavy atom. The standard InChI is InChI=1S/C32H52O3.C6H5.Pb.Y/c1-9-13-32(8)25-11-16-31(7)15-10-22(4)17-26(31)24(25)18-27(33)29(32)30(5,6)14-12-28(21(2)3)35-20-23-19-34-23;1-2-4-6-5-3-1;;/h4,18,21-23,25-26,28-29H,9-17,19-20H2,1-3,5-8H3;1-5H;;. The summed E-state index contributed by atoms with van der Waals surface area (Å²) in [6, 6.07) is 11.2. The van der Waals surface area contributed by atoms with Gasteiger partial charge in [0.05, 0.1) is 13.2 Å². The smallest absolute Gasteiger partial charge is 0.375 e. The first kappa shape index (κ1) is 36.3. The molecule has 2 radical (unpaired) electrons. The second kappa shape index (κ2) is 15.1. The van der Waals surface area contributed by atoms with Crippen LogP contribution in [0.15, 0.2) is 42.0 Å². The van der Waals surface area contributed by atoms with Crippen molar-refractivity contribution in [3.05, 3.63) is 42.0 Å². The fraction of sp³-hybridized carbons (Fsp3) is 0.737. The van der Waals surface area contributed by atoms with E-state index < -0.39 is 23.7 Å². The Bertz CT molecular complexity index is 1140. The van der Waals surface area contributed by atoms with Gasteiger partial charge in [-0.05, 0) is 5.92 Å². The number of allylic oxidation sites excluding steroid dienone is 2. The van der Waals surface area contributed by atoms with Crippen molar-refractivity contribution < 1.29 is 47.0 Å². The van der Waals surface area contributed by atoms with Crippen LogP contribution in [0.3, 0.4) is 0 Å². The van der Waals surface area contributed by atoms with Gasteiger partial charge in [-0.3, -0.25) is 0 Å². The first-order valence-corrected chi connectivity index (χ1v) is 21.3. The summed E-state index contributed by atoms with van der Waals surface area (Å²) < 4.78 is 16.1. The Labute approximate surface area is 300 Å². The van der Waals surface area contributed by atoms with Gasteiger partial charge >= 0.3 is 221 Å². The molecule has 43 heavy (non-hydrogen) atoms. The topological polar surface area (TPSA) is 38.8 Å². The van der Waals surface area contributed by atoms with Crippen molar-refractivity contribution in [2.24, 2.45) is 45.8 Å². The van der Waals surface area contributed by atoms with Gasteiger partial charge in [-0.15, -0.1) is 0 Å². The zero-order valence-corrected chi connectivity index (χ0v) is 34.9. The molecular weight excluding hydrogens is 801 g/mol. The van der Waals surface area contributed by atoms with E-state index >= 15 is 0 Å². The Hall–Kier alpha value is 0.446. The van der Waals surface area contributed by atoms with E-state index in [0.717, 1.165) is 38.2 Å². The maximum absolute atomic E-state index is 14.4. The van der Waals surface area contributed by atoms with Crippen LogP contribution in [0.2, 0.25) is 0 Å². The number of ether oxygens (including phenoxy) is 2. The van der Waals surface area contributed by atoms with E-state index in [9.17, 15) is 4.79 Å². The Morgan fingerprint density at radius 3 is 2.47 bits per heavy atom. The van der Waals surface area contributed by atoms with Gasteiger partial charge in [0.25, 0.3) is 0 Å². The molecule has 2 saturated carbocycles. The molecule has 1 aliphatic heterocycles. The summed E-state index contributed by atoms with van der Waals surface area (Å²) in [6.45, 7) is 18.3. The predicted octanol–water partition coefficient (Wildman–Crippen LogP) is 7.83. The van der Waals surface area contributed by atoms with E-state index in [4.69, 9.17) is 9.47 Å². The number of fused-ring (bicyclic) bond motifs is 3. The SMILES string of the molecule is CCCC1(C)C2CCC3(C)CCC([CH]=[Pb][c]4ccccc4)CC3C2=CC(=O)C1C(C)(C)CCC(OCC1CO1)C(C)C.[Y]. The fourth-order valence-electron chi connectivity index (χ4n) is 9.50. The minimum absolute atomic E-state index is 0. The summed E-state index contributed by atoms with van der Waals surface area (Å²) in [5.74, 6) is 2.79. The average Bonchev–Trinajstić information content (AvgIpc) is 3.76. The Kier molecular flexibility index (Phi) is 12.8. The van der Waals surface area contributed by atoms with Crippen LogP contribution < -0.4 is 3.12 Å². The van der Waals surface area contributed by atoms with Crippen molar-refractivity contribution in [3.8, 4) is 0 Å². The van der Waals surface area contributed by atoms with Crippen molar-refractivity contribution in [1.29, 1.82) is 0 Å². The number of epoxide rings is 1. The molecule has 3 nitrogen and oxygen atoms in total. The number of benzene rings is 1. The maximum atomic E-state index is 14.4.